The van der Waals surface area contributed by atoms with E-state index in [1.165, 1.54) is 19.1 Å². The maximum atomic E-state index is 12.9. The Morgan fingerprint density at radius 3 is 2.00 bits per heavy atom. The average Bonchev–Trinajstić information content (AvgIpc) is 2.93. The molecular weight excluding hydrogens is 305 g/mol. The number of Topliss-reactive ketones (excluding diaryl/α,β-unsaturated/α-hetero) is 1. The summed E-state index contributed by atoms with van der Waals surface area (Å²) in [4.78, 5) is 11.6. The molecule has 0 atom stereocenters. The van der Waals surface area contributed by atoms with E-state index in [1.807, 2.05) is 19.1 Å². The Labute approximate surface area is 140 Å². The van der Waals surface area contributed by atoms with Crippen molar-refractivity contribution in [2.45, 2.75) is 26.7 Å². The summed E-state index contributed by atoms with van der Waals surface area (Å²) in [5, 5.41) is 3.84. The van der Waals surface area contributed by atoms with Gasteiger partial charge in [-0.2, -0.15) is 0 Å². The van der Waals surface area contributed by atoms with E-state index in [-0.39, 0.29) is 11.6 Å². The minimum Gasteiger partial charge on any atom is -0.361 e. The topological polar surface area (TPSA) is 43.1 Å². The summed E-state index contributed by atoms with van der Waals surface area (Å²) in [7, 11) is 0. The Hall–Kier alpha value is -2.75. The van der Waals surface area contributed by atoms with Crippen molar-refractivity contribution in [3.8, 4) is 0 Å². The highest BCUT2D eigenvalue weighted by Gasteiger charge is 2.16. The summed E-state index contributed by atoms with van der Waals surface area (Å²) < 4.78 is 18.1. The first-order chi connectivity index (χ1) is 11.5. The van der Waals surface area contributed by atoms with E-state index in [0.29, 0.717) is 17.9 Å². The van der Waals surface area contributed by atoms with Crippen LogP contribution < -0.4 is 0 Å². The van der Waals surface area contributed by atoms with E-state index in [0.717, 1.165) is 28.7 Å². The number of nitrogens with zero attached hydrogens (tertiary/aromatic N) is 1. The zero-order chi connectivity index (χ0) is 17.1. The van der Waals surface area contributed by atoms with Crippen molar-refractivity contribution in [1.82, 2.24) is 5.16 Å². The Morgan fingerprint density at radius 2 is 1.46 bits per heavy atom. The number of aryl methyl sites for hydroxylation is 1. The van der Waals surface area contributed by atoms with Crippen LogP contribution in [0.5, 0.6) is 0 Å². The predicted molar refractivity (Wildman–Crippen MR) is 89.7 cm³/mol. The second-order valence-corrected chi connectivity index (χ2v) is 5.92. The summed E-state index contributed by atoms with van der Waals surface area (Å²) in [6.07, 6.45) is 1.37. The van der Waals surface area contributed by atoms with Gasteiger partial charge < -0.3 is 4.52 Å². The van der Waals surface area contributed by atoms with Gasteiger partial charge in [-0.15, -0.1) is 0 Å². The number of carbonyl (C=O) groups is 1. The van der Waals surface area contributed by atoms with E-state index in [1.54, 1.807) is 12.1 Å². The molecule has 1 aromatic heterocycles. The van der Waals surface area contributed by atoms with Gasteiger partial charge in [-0.3, -0.25) is 4.79 Å². The van der Waals surface area contributed by atoms with Crippen molar-refractivity contribution in [2.75, 3.05) is 0 Å². The smallest absolute Gasteiger partial charge is 0.181 e. The van der Waals surface area contributed by atoms with Crippen LogP contribution >= 0.6 is 0 Å². The first-order valence-electron chi connectivity index (χ1n) is 7.81. The van der Waals surface area contributed by atoms with E-state index < -0.39 is 0 Å². The van der Waals surface area contributed by atoms with Gasteiger partial charge in [0.05, 0.1) is 0 Å². The van der Waals surface area contributed by atoms with Gasteiger partial charge in [-0.05, 0) is 42.2 Å². The molecule has 1 heterocycles. The third-order valence-corrected chi connectivity index (χ3v) is 4.04. The number of rotatable bonds is 5. The summed E-state index contributed by atoms with van der Waals surface area (Å²) in [5.74, 6) is 0.366. The van der Waals surface area contributed by atoms with Crippen molar-refractivity contribution in [3.63, 3.8) is 0 Å². The largest absolute Gasteiger partial charge is 0.361 e. The van der Waals surface area contributed by atoms with Gasteiger partial charge in [0.2, 0.25) is 0 Å². The molecule has 122 valence electrons. The van der Waals surface area contributed by atoms with Crippen LogP contribution in [0.3, 0.4) is 0 Å². The second kappa shape index (κ2) is 6.79. The fraction of sp³-hybridized carbons (Fsp3) is 0.200. The molecule has 2 aromatic carbocycles. The molecule has 0 amide bonds. The number of carbonyl (C=O) groups excluding carboxylic acids is 1. The molecule has 0 spiro atoms. The molecule has 0 aliphatic heterocycles. The molecule has 0 aliphatic rings. The van der Waals surface area contributed by atoms with Crippen LogP contribution in [0.15, 0.2) is 53.1 Å². The van der Waals surface area contributed by atoms with Crippen LogP contribution in [0.1, 0.15) is 45.4 Å². The summed E-state index contributed by atoms with van der Waals surface area (Å²) in [5.41, 5.74) is 4.56. The van der Waals surface area contributed by atoms with Crippen molar-refractivity contribution in [2.24, 2.45) is 0 Å². The first kappa shape index (κ1) is 16.1. The van der Waals surface area contributed by atoms with Crippen molar-refractivity contribution >= 4 is 5.78 Å². The monoisotopic (exact) mass is 323 g/mol. The lowest BCUT2D eigenvalue weighted by Crippen LogP contribution is -2.00. The maximum absolute atomic E-state index is 12.9. The van der Waals surface area contributed by atoms with Gasteiger partial charge in [0.1, 0.15) is 11.6 Å². The van der Waals surface area contributed by atoms with Crippen molar-refractivity contribution < 1.29 is 13.7 Å². The Bertz CT molecular complexity index is 848. The standard InChI is InChI=1S/C20H18FNO2/c1-13(23)20-19(14(2)24-22-20)12-17-5-3-15(4-6-17)11-16-7-9-18(21)10-8-16/h3-10H,11-12H2,1-2H3. The van der Waals surface area contributed by atoms with Crippen LogP contribution in [0.25, 0.3) is 0 Å². The molecule has 0 radical (unpaired) electrons. The van der Waals surface area contributed by atoms with Crippen LogP contribution in [0, 0.1) is 12.7 Å². The first-order valence-corrected chi connectivity index (χ1v) is 7.81. The molecule has 0 unspecified atom stereocenters. The summed E-state index contributed by atoms with van der Waals surface area (Å²) in [6.45, 7) is 3.31. The molecule has 0 fully saturated rings. The fourth-order valence-electron chi connectivity index (χ4n) is 2.69. The molecule has 3 aromatic rings. The number of benzene rings is 2. The minimum absolute atomic E-state index is 0.0882. The Balaban J connectivity index is 1.74. The normalized spacial score (nSPS) is 10.8. The molecule has 0 saturated heterocycles. The van der Waals surface area contributed by atoms with Gasteiger partial charge in [-0.1, -0.05) is 41.6 Å². The van der Waals surface area contributed by atoms with Crippen LogP contribution in [0.2, 0.25) is 0 Å². The molecule has 0 aliphatic carbocycles. The highest BCUT2D eigenvalue weighted by molar-refractivity contribution is 5.93. The summed E-state index contributed by atoms with van der Waals surface area (Å²) in [6, 6.07) is 14.7. The lowest BCUT2D eigenvalue weighted by molar-refractivity contribution is 0.100. The maximum Gasteiger partial charge on any atom is 0.181 e. The van der Waals surface area contributed by atoms with Gasteiger partial charge in [0, 0.05) is 18.9 Å². The number of hydrogen-bond donors (Lipinski definition) is 0. The molecule has 3 nitrogen and oxygen atoms in total. The predicted octanol–water partition coefficient (Wildman–Crippen LogP) is 4.51. The lowest BCUT2D eigenvalue weighted by Gasteiger charge is -2.05. The number of ketones is 1. The average molecular weight is 323 g/mol. The van der Waals surface area contributed by atoms with Crippen LogP contribution in [-0.4, -0.2) is 10.9 Å². The molecule has 24 heavy (non-hydrogen) atoms. The Kier molecular flexibility index (Phi) is 4.56. The minimum atomic E-state index is -0.223. The highest BCUT2D eigenvalue weighted by Crippen LogP contribution is 2.20. The zero-order valence-electron chi connectivity index (χ0n) is 13.7. The molecular formula is C20H18FNO2. The number of hydrogen-bond acceptors (Lipinski definition) is 3. The molecule has 0 bridgehead atoms. The zero-order valence-corrected chi connectivity index (χ0v) is 13.7. The number of halogens is 1. The van der Waals surface area contributed by atoms with Gasteiger partial charge in [-0.25, -0.2) is 4.39 Å². The fourth-order valence-corrected chi connectivity index (χ4v) is 2.69. The van der Waals surface area contributed by atoms with E-state index in [4.69, 9.17) is 4.52 Å². The van der Waals surface area contributed by atoms with Gasteiger partial charge in [0.15, 0.2) is 11.5 Å². The van der Waals surface area contributed by atoms with Gasteiger partial charge >= 0.3 is 0 Å². The number of aromatic nitrogens is 1. The van der Waals surface area contributed by atoms with Crippen LogP contribution in [-0.2, 0) is 12.8 Å². The SMILES string of the molecule is CC(=O)c1noc(C)c1Cc1ccc(Cc2ccc(F)cc2)cc1. The molecule has 3 rings (SSSR count). The van der Waals surface area contributed by atoms with Crippen LogP contribution in [0.4, 0.5) is 4.39 Å². The van der Waals surface area contributed by atoms with E-state index in [9.17, 15) is 9.18 Å². The Morgan fingerprint density at radius 1 is 0.958 bits per heavy atom. The van der Waals surface area contributed by atoms with Crippen molar-refractivity contribution in [1.29, 1.82) is 0 Å². The van der Waals surface area contributed by atoms with Crippen molar-refractivity contribution in [3.05, 3.63) is 88.1 Å². The van der Waals surface area contributed by atoms with Gasteiger partial charge in [0.25, 0.3) is 0 Å². The molecule has 0 saturated carbocycles. The molecule has 0 N–H and O–H groups in total. The third-order valence-electron chi connectivity index (χ3n) is 4.04. The quantitative estimate of drug-likeness (QED) is 0.649. The van der Waals surface area contributed by atoms with E-state index in [2.05, 4.69) is 17.3 Å². The highest BCUT2D eigenvalue weighted by atomic mass is 19.1. The van der Waals surface area contributed by atoms with E-state index >= 15 is 0 Å². The molecule has 4 heteroatoms. The summed E-state index contributed by atoms with van der Waals surface area (Å²) >= 11 is 0. The third kappa shape index (κ3) is 3.59. The second-order valence-electron chi connectivity index (χ2n) is 5.92. The lowest BCUT2D eigenvalue weighted by atomic mass is 9.99.